The fourth-order valence-corrected chi connectivity index (χ4v) is 2.85. The van der Waals surface area contributed by atoms with Crippen molar-refractivity contribution in [1.82, 2.24) is 10.2 Å². The lowest BCUT2D eigenvalue weighted by Gasteiger charge is -2.07. The quantitative estimate of drug-likeness (QED) is 0.617. The highest BCUT2D eigenvalue weighted by atomic mass is 35.5. The lowest BCUT2D eigenvalue weighted by molar-refractivity contribution is 0.465. The molecule has 2 aromatic carbocycles. The van der Waals surface area contributed by atoms with Gasteiger partial charge in [-0.2, -0.15) is 0 Å². The van der Waals surface area contributed by atoms with Crippen molar-refractivity contribution in [2.45, 2.75) is 17.4 Å². The number of benzene rings is 2. The van der Waals surface area contributed by atoms with Gasteiger partial charge in [-0.3, -0.25) is 0 Å². The van der Waals surface area contributed by atoms with Crippen molar-refractivity contribution in [2.24, 2.45) is 0 Å². The van der Waals surface area contributed by atoms with E-state index in [0.29, 0.717) is 16.1 Å². The highest BCUT2D eigenvalue weighted by Crippen LogP contribution is 2.35. The summed E-state index contributed by atoms with van der Waals surface area (Å²) in [6.07, 6.45) is 0. The molecule has 3 aromatic rings. The third-order valence-corrected chi connectivity index (χ3v) is 4.29. The molecule has 21 heavy (non-hydrogen) atoms. The van der Waals surface area contributed by atoms with E-state index in [1.807, 2.05) is 30.3 Å². The Morgan fingerprint density at radius 1 is 1.00 bits per heavy atom. The highest BCUT2D eigenvalue weighted by molar-refractivity contribution is 7.99. The molecule has 1 atom stereocenters. The summed E-state index contributed by atoms with van der Waals surface area (Å²) in [5.41, 5.74) is 2.10. The second kappa shape index (κ2) is 6.33. The van der Waals surface area contributed by atoms with Gasteiger partial charge in [-0.1, -0.05) is 53.7 Å². The van der Waals surface area contributed by atoms with Gasteiger partial charge in [0.1, 0.15) is 0 Å². The van der Waals surface area contributed by atoms with Crippen LogP contribution in [-0.2, 0) is 0 Å². The van der Waals surface area contributed by atoms with Gasteiger partial charge in [-0.25, -0.2) is 0 Å². The van der Waals surface area contributed by atoms with Crippen LogP contribution in [0.4, 0.5) is 0 Å². The third kappa shape index (κ3) is 3.46. The zero-order valence-electron chi connectivity index (χ0n) is 11.4. The van der Waals surface area contributed by atoms with Crippen LogP contribution in [0.1, 0.15) is 17.7 Å². The van der Waals surface area contributed by atoms with Gasteiger partial charge in [0.05, 0.1) is 0 Å². The van der Waals surface area contributed by atoms with Crippen LogP contribution in [0, 0.1) is 0 Å². The minimum absolute atomic E-state index is 0.254. The Morgan fingerprint density at radius 2 is 1.71 bits per heavy atom. The van der Waals surface area contributed by atoms with E-state index in [1.165, 1.54) is 5.56 Å². The number of aromatic nitrogens is 2. The number of hydrogen-bond donors (Lipinski definition) is 0. The molecule has 3 nitrogen and oxygen atoms in total. The molecule has 0 unspecified atom stereocenters. The molecule has 5 heteroatoms. The second-order valence-corrected chi connectivity index (χ2v) is 6.28. The Hall–Kier alpha value is -1.78. The maximum absolute atomic E-state index is 5.87. The standard InChI is InChI=1S/C16H13ClN2OS/c1-11(12-5-3-2-4-6-12)21-16-19-18-15(20-16)13-7-9-14(17)10-8-13/h2-11H,1H3/t11-/m1/s1. The van der Waals surface area contributed by atoms with Gasteiger partial charge in [0.2, 0.25) is 5.89 Å². The van der Waals surface area contributed by atoms with E-state index in [-0.39, 0.29) is 5.25 Å². The van der Waals surface area contributed by atoms with Gasteiger partial charge in [0, 0.05) is 15.8 Å². The minimum Gasteiger partial charge on any atom is -0.411 e. The molecule has 0 aliphatic heterocycles. The van der Waals surface area contributed by atoms with Gasteiger partial charge in [0.25, 0.3) is 5.22 Å². The van der Waals surface area contributed by atoms with Crippen molar-refractivity contribution < 1.29 is 4.42 Å². The molecule has 0 bridgehead atoms. The van der Waals surface area contributed by atoms with Crippen LogP contribution >= 0.6 is 23.4 Å². The van der Waals surface area contributed by atoms with Gasteiger partial charge in [-0.15, -0.1) is 10.2 Å². The fourth-order valence-electron chi connectivity index (χ4n) is 1.91. The topological polar surface area (TPSA) is 38.9 Å². The molecule has 106 valence electrons. The summed E-state index contributed by atoms with van der Waals surface area (Å²) in [7, 11) is 0. The minimum atomic E-state index is 0.254. The Kier molecular flexibility index (Phi) is 4.27. The largest absolute Gasteiger partial charge is 0.411 e. The van der Waals surface area contributed by atoms with Crippen molar-refractivity contribution in [3.05, 3.63) is 65.2 Å². The molecular weight excluding hydrogens is 304 g/mol. The monoisotopic (exact) mass is 316 g/mol. The van der Waals surface area contributed by atoms with E-state index in [4.69, 9.17) is 16.0 Å². The van der Waals surface area contributed by atoms with Gasteiger partial charge < -0.3 is 4.42 Å². The summed E-state index contributed by atoms with van der Waals surface area (Å²) in [4.78, 5) is 0. The first kappa shape index (κ1) is 14.2. The van der Waals surface area contributed by atoms with E-state index < -0.39 is 0 Å². The van der Waals surface area contributed by atoms with E-state index in [1.54, 1.807) is 23.9 Å². The first-order valence-electron chi connectivity index (χ1n) is 6.53. The maximum Gasteiger partial charge on any atom is 0.277 e. The molecule has 0 N–H and O–H groups in total. The van der Waals surface area contributed by atoms with Crippen LogP contribution in [0.25, 0.3) is 11.5 Å². The lowest BCUT2D eigenvalue weighted by atomic mass is 10.2. The summed E-state index contributed by atoms with van der Waals surface area (Å²) in [6, 6.07) is 17.6. The predicted octanol–water partition coefficient (Wildman–Crippen LogP) is 5.24. The van der Waals surface area contributed by atoms with E-state index in [9.17, 15) is 0 Å². The molecule has 0 fully saturated rings. The van der Waals surface area contributed by atoms with Crippen LogP contribution in [0.5, 0.6) is 0 Å². The second-order valence-electron chi connectivity index (χ2n) is 4.55. The van der Waals surface area contributed by atoms with Crippen molar-refractivity contribution >= 4 is 23.4 Å². The van der Waals surface area contributed by atoms with Gasteiger partial charge in [-0.05, 0) is 36.8 Å². The van der Waals surface area contributed by atoms with Gasteiger partial charge >= 0.3 is 0 Å². The van der Waals surface area contributed by atoms with Crippen LogP contribution < -0.4 is 0 Å². The van der Waals surface area contributed by atoms with Gasteiger partial charge in [0.15, 0.2) is 0 Å². The average Bonchev–Trinajstić information content (AvgIpc) is 2.97. The smallest absolute Gasteiger partial charge is 0.277 e. The Balaban J connectivity index is 1.75. The summed E-state index contributed by atoms with van der Waals surface area (Å²) < 4.78 is 5.70. The Morgan fingerprint density at radius 3 is 2.43 bits per heavy atom. The van der Waals surface area contributed by atoms with E-state index in [2.05, 4.69) is 29.3 Å². The SMILES string of the molecule is C[C@@H](Sc1nnc(-c2ccc(Cl)cc2)o1)c1ccccc1. The van der Waals surface area contributed by atoms with Crippen molar-refractivity contribution in [3.63, 3.8) is 0 Å². The van der Waals surface area contributed by atoms with Crippen LogP contribution in [0.3, 0.4) is 0 Å². The van der Waals surface area contributed by atoms with E-state index >= 15 is 0 Å². The van der Waals surface area contributed by atoms with Crippen LogP contribution in [0.2, 0.25) is 5.02 Å². The number of thioether (sulfide) groups is 1. The normalized spacial score (nSPS) is 12.3. The fraction of sp³-hybridized carbons (Fsp3) is 0.125. The van der Waals surface area contributed by atoms with Crippen molar-refractivity contribution in [2.75, 3.05) is 0 Å². The van der Waals surface area contributed by atoms with Crippen molar-refractivity contribution in [3.8, 4) is 11.5 Å². The molecule has 0 aliphatic carbocycles. The number of hydrogen-bond acceptors (Lipinski definition) is 4. The summed E-state index contributed by atoms with van der Waals surface area (Å²) >= 11 is 7.42. The van der Waals surface area contributed by atoms with Crippen LogP contribution in [0.15, 0.2) is 64.2 Å². The number of nitrogens with zero attached hydrogens (tertiary/aromatic N) is 2. The van der Waals surface area contributed by atoms with Crippen LogP contribution in [-0.4, -0.2) is 10.2 Å². The molecule has 0 aliphatic rings. The molecule has 3 rings (SSSR count). The zero-order valence-corrected chi connectivity index (χ0v) is 12.9. The molecule has 0 amide bonds. The number of rotatable bonds is 4. The van der Waals surface area contributed by atoms with Crippen molar-refractivity contribution in [1.29, 1.82) is 0 Å². The highest BCUT2D eigenvalue weighted by Gasteiger charge is 2.13. The molecule has 0 radical (unpaired) electrons. The lowest BCUT2D eigenvalue weighted by Crippen LogP contribution is -1.87. The van der Waals surface area contributed by atoms with E-state index in [0.717, 1.165) is 5.56 Å². The molecule has 1 aromatic heterocycles. The number of halogens is 1. The summed E-state index contributed by atoms with van der Waals surface area (Å²) in [6.45, 7) is 2.12. The first-order valence-corrected chi connectivity index (χ1v) is 7.79. The molecular formula is C16H13ClN2OS. The molecule has 0 saturated heterocycles. The maximum atomic E-state index is 5.87. The third-order valence-electron chi connectivity index (χ3n) is 3.04. The molecule has 0 spiro atoms. The molecule has 1 heterocycles. The zero-order chi connectivity index (χ0) is 14.7. The molecule has 0 saturated carbocycles. The first-order chi connectivity index (χ1) is 10.2. The summed E-state index contributed by atoms with van der Waals surface area (Å²) in [5.74, 6) is 0.509. The Labute approximate surface area is 132 Å². The summed E-state index contributed by atoms with van der Waals surface area (Å²) in [5, 5.41) is 9.68. The average molecular weight is 317 g/mol. The predicted molar refractivity (Wildman–Crippen MR) is 85.5 cm³/mol. The Bertz CT molecular complexity index is 713.